The maximum absolute atomic E-state index is 12.7. The number of carbonyl (C=O) groups excluding carboxylic acids is 1. The van der Waals surface area contributed by atoms with Crippen LogP contribution in [-0.2, 0) is 4.79 Å². The van der Waals surface area contributed by atoms with Crippen LogP contribution in [0.4, 0.5) is 4.39 Å². The quantitative estimate of drug-likeness (QED) is 0.551. The number of hydrogen-bond donors (Lipinski definition) is 0. The molecule has 1 atom stereocenters. The Morgan fingerprint density at radius 2 is 2.00 bits per heavy atom. The van der Waals surface area contributed by atoms with Gasteiger partial charge in [0.2, 0.25) is 6.08 Å². The van der Waals surface area contributed by atoms with Gasteiger partial charge in [-0.25, -0.2) is 9.18 Å². The van der Waals surface area contributed by atoms with Crippen LogP contribution in [0.2, 0.25) is 0 Å². The van der Waals surface area contributed by atoms with Gasteiger partial charge >= 0.3 is 0 Å². The average Bonchev–Trinajstić information content (AvgIpc) is 3.00. The molecule has 1 aromatic rings. The summed E-state index contributed by atoms with van der Waals surface area (Å²) in [5, 5.41) is 0. The molecule has 3 heteroatoms. The maximum atomic E-state index is 12.7. The number of aliphatic imine (C=N–C) groups is 1. The van der Waals surface area contributed by atoms with Gasteiger partial charge in [-0.05, 0) is 30.5 Å². The molecule has 15 heavy (non-hydrogen) atoms. The fraction of sp³-hybridized carbons (Fsp3) is 0.417. The summed E-state index contributed by atoms with van der Waals surface area (Å²) in [5.74, 6) is -0.0887. The predicted molar refractivity (Wildman–Crippen MR) is 54.9 cm³/mol. The van der Waals surface area contributed by atoms with Crippen LogP contribution >= 0.6 is 0 Å². The van der Waals surface area contributed by atoms with E-state index in [1.807, 2.05) is 6.92 Å². The van der Waals surface area contributed by atoms with Crippen molar-refractivity contribution < 1.29 is 9.18 Å². The first-order chi connectivity index (χ1) is 7.18. The van der Waals surface area contributed by atoms with Gasteiger partial charge in [-0.3, -0.25) is 0 Å². The molecular weight excluding hydrogens is 193 g/mol. The molecule has 78 valence electrons. The Hall–Kier alpha value is -1.47. The first-order valence-corrected chi connectivity index (χ1v) is 5.02. The summed E-state index contributed by atoms with van der Waals surface area (Å²) in [6.45, 7) is 2.01. The van der Waals surface area contributed by atoms with Crippen molar-refractivity contribution in [2.45, 2.75) is 31.2 Å². The van der Waals surface area contributed by atoms with Gasteiger partial charge in [0.25, 0.3) is 0 Å². The molecule has 1 aromatic carbocycles. The van der Waals surface area contributed by atoms with E-state index in [0.29, 0.717) is 0 Å². The summed E-state index contributed by atoms with van der Waals surface area (Å²) in [6.07, 6.45) is 3.47. The SMILES string of the molecule is CC(c1ccc(F)cc1)C1(N=C=O)CC1. The van der Waals surface area contributed by atoms with Crippen molar-refractivity contribution in [3.63, 3.8) is 0 Å². The lowest BCUT2D eigenvalue weighted by atomic mass is 9.91. The number of isocyanates is 1. The molecule has 1 aliphatic carbocycles. The summed E-state index contributed by atoms with van der Waals surface area (Å²) >= 11 is 0. The van der Waals surface area contributed by atoms with Crippen molar-refractivity contribution in [2.24, 2.45) is 4.99 Å². The van der Waals surface area contributed by atoms with Crippen LogP contribution in [0.5, 0.6) is 0 Å². The van der Waals surface area contributed by atoms with Gasteiger partial charge in [0, 0.05) is 5.92 Å². The maximum Gasteiger partial charge on any atom is 0.235 e. The Kier molecular flexibility index (Phi) is 2.41. The van der Waals surface area contributed by atoms with Crippen molar-refractivity contribution in [1.82, 2.24) is 0 Å². The Balaban J connectivity index is 2.24. The topological polar surface area (TPSA) is 29.4 Å². The van der Waals surface area contributed by atoms with E-state index < -0.39 is 0 Å². The summed E-state index contributed by atoms with van der Waals surface area (Å²) < 4.78 is 12.7. The van der Waals surface area contributed by atoms with E-state index >= 15 is 0 Å². The number of halogens is 1. The second kappa shape index (κ2) is 3.59. The second-order valence-electron chi connectivity index (χ2n) is 4.08. The lowest BCUT2D eigenvalue weighted by Gasteiger charge is -2.17. The van der Waals surface area contributed by atoms with Crippen molar-refractivity contribution in [2.75, 3.05) is 0 Å². The largest absolute Gasteiger partial charge is 0.235 e. The van der Waals surface area contributed by atoms with Crippen LogP contribution in [-0.4, -0.2) is 11.6 Å². The van der Waals surface area contributed by atoms with E-state index in [9.17, 15) is 9.18 Å². The van der Waals surface area contributed by atoms with Gasteiger partial charge in [0.1, 0.15) is 5.82 Å². The molecule has 0 radical (unpaired) electrons. The molecule has 0 heterocycles. The number of nitrogens with zero attached hydrogens (tertiary/aromatic N) is 1. The molecule has 1 aliphatic rings. The van der Waals surface area contributed by atoms with E-state index in [-0.39, 0.29) is 17.3 Å². The molecule has 2 rings (SSSR count). The molecule has 0 bridgehead atoms. The van der Waals surface area contributed by atoms with Crippen molar-refractivity contribution >= 4 is 6.08 Å². The van der Waals surface area contributed by atoms with Gasteiger partial charge in [0.05, 0.1) is 5.54 Å². The third kappa shape index (κ3) is 1.83. The third-order valence-electron chi connectivity index (χ3n) is 3.21. The monoisotopic (exact) mass is 205 g/mol. The highest BCUT2D eigenvalue weighted by atomic mass is 19.1. The van der Waals surface area contributed by atoms with Crippen LogP contribution in [0.1, 0.15) is 31.2 Å². The normalized spacial score (nSPS) is 19.1. The Bertz CT molecular complexity index is 402. The molecule has 2 nitrogen and oxygen atoms in total. The van der Waals surface area contributed by atoms with E-state index in [1.165, 1.54) is 12.1 Å². The molecule has 0 spiro atoms. The third-order valence-corrected chi connectivity index (χ3v) is 3.21. The summed E-state index contributed by atoms with van der Waals surface area (Å²) in [5.41, 5.74) is 0.757. The van der Waals surface area contributed by atoms with Gasteiger partial charge in [0.15, 0.2) is 0 Å². The highest BCUT2D eigenvalue weighted by molar-refractivity contribution is 5.39. The zero-order valence-electron chi connectivity index (χ0n) is 8.53. The first-order valence-electron chi connectivity index (χ1n) is 5.02. The summed E-state index contributed by atoms with van der Waals surface area (Å²) in [7, 11) is 0. The fourth-order valence-electron chi connectivity index (χ4n) is 1.92. The van der Waals surface area contributed by atoms with E-state index in [2.05, 4.69) is 4.99 Å². The molecule has 1 fully saturated rings. The molecule has 1 saturated carbocycles. The molecular formula is C12H12FNO. The van der Waals surface area contributed by atoms with Gasteiger partial charge in [-0.2, -0.15) is 4.99 Å². The molecule has 0 saturated heterocycles. The molecule has 0 amide bonds. The fourth-order valence-corrected chi connectivity index (χ4v) is 1.92. The standard InChI is InChI=1S/C12H12FNO/c1-9(12(6-7-12)14-8-15)10-2-4-11(13)5-3-10/h2-5,9H,6-7H2,1H3. The van der Waals surface area contributed by atoms with Crippen LogP contribution in [0.3, 0.4) is 0 Å². The van der Waals surface area contributed by atoms with Gasteiger partial charge in [-0.1, -0.05) is 19.1 Å². The van der Waals surface area contributed by atoms with Crippen LogP contribution < -0.4 is 0 Å². The van der Waals surface area contributed by atoms with E-state index in [4.69, 9.17) is 0 Å². The first kappa shape index (κ1) is 10.1. The Morgan fingerprint density at radius 1 is 1.40 bits per heavy atom. The highest BCUT2D eigenvalue weighted by Gasteiger charge is 2.48. The van der Waals surface area contributed by atoms with Crippen LogP contribution in [0.15, 0.2) is 29.3 Å². The number of hydrogen-bond acceptors (Lipinski definition) is 2. The van der Waals surface area contributed by atoms with E-state index in [1.54, 1.807) is 18.2 Å². The predicted octanol–water partition coefficient (Wildman–Crippen LogP) is 2.80. The molecule has 0 aromatic heterocycles. The minimum atomic E-state index is -0.264. The lowest BCUT2D eigenvalue weighted by Crippen LogP contribution is -2.15. The Labute approximate surface area is 87.8 Å². The number of rotatable bonds is 3. The molecule has 1 unspecified atom stereocenters. The zero-order valence-corrected chi connectivity index (χ0v) is 8.53. The number of benzene rings is 1. The Morgan fingerprint density at radius 3 is 2.47 bits per heavy atom. The second-order valence-corrected chi connectivity index (χ2v) is 4.08. The van der Waals surface area contributed by atoms with Gasteiger partial charge in [-0.15, -0.1) is 0 Å². The van der Waals surface area contributed by atoms with Crippen molar-refractivity contribution in [3.05, 3.63) is 35.6 Å². The van der Waals surface area contributed by atoms with Crippen LogP contribution in [0.25, 0.3) is 0 Å². The summed E-state index contributed by atoms with van der Waals surface area (Å²) in [4.78, 5) is 14.2. The van der Waals surface area contributed by atoms with E-state index in [0.717, 1.165) is 18.4 Å². The zero-order chi connectivity index (χ0) is 10.9. The molecule has 0 aliphatic heterocycles. The summed E-state index contributed by atoms with van der Waals surface area (Å²) in [6, 6.07) is 6.37. The average molecular weight is 205 g/mol. The van der Waals surface area contributed by atoms with Crippen LogP contribution in [0, 0.1) is 5.82 Å². The smallest absolute Gasteiger partial charge is 0.211 e. The van der Waals surface area contributed by atoms with Crippen molar-refractivity contribution in [1.29, 1.82) is 0 Å². The lowest BCUT2D eigenvalue weighted by molar-refractivity contribution is 0.527. The van der Waals surface area contributed by atoms with Gasteiger partial charge < -0.3 is 0 Å². The molecule has 0 N–H and O–H groups in total. The minimum absolute atomic E-state index is 0.152. The highest BCUT2D eigenvalue weighted by Crippen LogP contribution is 2.50. The van der Waals surface area contributed by atoms with Crippen molar-refractivity contribution in [3.8, 4) is 0 Å². The minimum Gasteiger partial charge on any atom is -0.211 e.